The second-order valence-corrected chi connectivity index (χ2v) is 4.24. The zero-order valence-corrected chi connectivity index (χ0v) is 9.61. The molecule has 1 aliphatic rings. The fraction of sp³-hybridized carbons (Fsp3) is 0.538. The summed E-state index contributed by atoms with van der Waals surface area (Å²) in [6, 6.07) is 5.51. The number of rotatable bonds is 5. The average Bonchev–Trinajstić information content (AvgIpc) is 2.26. The van der Waals surface area contributed by atoms with Gasteiger partial charge in [-0.25, -0.2) is 0 Å². The van der Waals surface area contributed by atoms with Crippen LogP contribution in [0.25, 0.3) is 0 Å². The van der Waals surface area contributed by atoms with E-state index in [1.54, 1.807) is 7.11 Å². The van der Waals surface area contributed by atoms with Crippen molar-refractivity contribution in [1.82, 2.24) is 0 Å². The lowest BCUT2D eigenvalue weighted by Crippen LogP contribution is -2.19. The molecule has 1 aromatic rings. The van der Waals surface area contributed by atoms with Crippen LogP contribution < -0.4 is 9.47 Å². The van der Waals surface area contributed by atoms with Crippen LogP contribution in [-0.4, -0.2) is 18.8 Å². The van der Waals surface area contributed by atoms with Gasteiger partial charge >= 0.3 is 0 Å². The van der Waals surface area contributed by atoms with Gasteiger partial charge in [-0.2, -0.15) is 0 Å². The summed E-state index contributed by atoms with van der Waals surface area (Å²) in [6.07, 6.45) is 3.84. The van der Waals surface area contributed by atoms with Gasteiger partial charge < -0.3 is 14.6 Å². The molecular formula is C13H18O3. The van der Waals surface area contributed by atoms with Crippen LogP contribution in [0, 0.1) is 5.92 Å². The SMILES string of the molecule is COc1ccc(CO)c(OCC2CCC2)c1. The fourth-order valence-electron chi connectivity index (χ4n) is 1.79. The van der Waals surface area contributed by atoms with Crippen molar-refractivity contribution >= 4 is 0 Å². The Morgan fingerprint density at radius 1 is 1.38 bits per heavy atom. The highest BCUT2D eigenvalue weighted by Crippen LogP contribution is 2.29. The van der Waals surface area contributed by atoms with Gasteiger partial charge in [0.15, 0.2) is 0 Å². The van der Waals surface area contributed by atoms with Crippen molar-refractivity contribution in [1.29, 1.82) is 0 Å². The zero-order valence-electron chi connectivity index (χ0n) is 9.61. The highest BCUT2D eigenvalue weighted by Gasteiger charge is 2.18. The highest BCUT2D eigenvalue weighted by atomic mass is 16.5. The summed E-state index contributed by atoms with van der Waals surface area (Å²) in [5.41, 5.74) is 0.820. The molecule has 88 valence electrons. The summed E-state index contributed by atoms with van der Waals surface area (Å²) < 4.78 is 10.9. The Kier molecular flexibility index (Phi) is 3.67. The Balaban J connectivity index is 2.03. The Morgan fingerprint density at radius 3 is 2.75 bits per heavy atom. The van der Waals surface area contributed by atoms with Crippen molar-refractivity contribution < 1.29 is 14.6 Å². The van der Waals surface area contributed by atoms with Crippen LogP contribution in [0.2, 0.25) is 0 Å². The maximum absolute atomic E-state index is 9.20. The third kappa shape index (κ3) is 2.47. The van der Waals surface area contributed by atoms with Crippen molar-refractivity contribution in [3.8, 4) is 11.5 Å². The van der Waals surface area contributed by atoms with E-state index in [0.717, 1.165) is 23.7 Å². The maximum Gasteiger partial charge on any atom is 0.128 e. The summed E-state index contributed by atoms with van der Waals surface area (Å²) in [6.45, 7) is 0.754. The molecule has 0 radical (unpaired) electrons. The molecule has 2 rings (SSSR count). The lowest BCUT2D eigenvalue weighted by molar-refractivity contribution is 0.175. The third-order valence-electron chi connectivity index (χ3n) is 3.14. The van der Waals surface area contributed by atoms with Gasteiger partial charge in [0.05, 0.1) is 20.3 Å². The van der Waals surface area contributed by atoms with E-state index >= 15 is 0 Å². The van der Waals surface area contributed by atoms with Crippen LogP contribution in [0.3, 0.4) is 0 Å². The van der Waals surface area contributed by atoms with Gasteiger partial charge in [-0.15, -0.1) is 0 Å². The quantitative estimate of drug-likeness (QED) is 0.831. The van der Waals surface area contributed by atoms with Crippen LogP contribution in [0.5, 0.6) is 11.5 Å². The largest absolute Gasteiger partial charge is 0.497 e. The van der Waals surface area contributed by atoms with Crippen LogP contribution in [0.4, 0.5) is 0 Å². The summed E-state index contributed by atoms with van der Waals surface area (Å²) in [4.78, 5) is 0. The molecule has 1 aromatic carbocycles. The molecule has 1 aliphatic carbocycles. The summed E-state index contributed by atoms with van der Waals surface area (Å²) in [5.74, 6) is 2.20. The fourth-order valence-corrected chi connectivity index (χ4v) is 1.79. The van der Waals surface area contributed by atoms with Gasteiger partial charge in [-0.3, -0.25) is 0 Å². The van der Waals surface area contributed by atoms with Crippen LogP contribution >= 0.6 is 0 Å². The number of hydrogen-bond acceptors (Lipinski definition) is 3. The maximum atomic E-state index is 9.20. The first kappa shape index (κ1) is 11.3. The van der Waals surface area contributed by atoms with E-state index in [-0.39, 0.29) is 6.61 Å². The molecule has 1 N–H and O–H groups in total. The minimum absolute atomic E-state index is 0.00396. The lowest BCUT2D eigenvalue weighted by atomic mass is 9.86. The van der Waals surface area contributed by atoms with E-state index in [1.807, 2.05) is 18.2 Å². The first-order chi connectivity index (χ1) is 7.83. The summed E-state index contributed by atoms with van der Waals surface area (Å²) in [7, 11) is 1.63. The lowest BCUT2D eigenvalue weighted by Gasteiger charge is -2.25. The molecule has 1 fully saturated rings. The number of benzene rings is 1. The highest BCUT2D eigenvalue weighted by molar-refractivity contribution is 5.40. The molecule has 1 saturated carbocycles. The van der Waals surface area contributed by atoms with E-state index in [0.29, 0.717) is 5.92 Å². The standard InChI is InChI=1S/C13H18O3/c1-15-12-6-5-11(8-14)13(7-12)16-9-10-3-2-4-10/h5-7,10,14H,2-4,8-9H2,1H3. The number of aliphatic hydroxyl groups is 1. The van der Waals surface area contributed by atoms with Gasteiger partial charge in [0.25, 0.3) is 0 Å². The Morgan fingerprint density at radius 2 is 2.19 bits per heavy atom. The smallest absolute Gasteiger partial charge is 0.128 e. The Hall–Kier alpha value is -1.22. The Labute approximate surface area is 96.0 Å². The topological polar surface area (TPSA) is 38.7 Å². The zero-order chi connectivity index (χ0) is 11.4. The van der Waals surface area contributed by atoms with Gasteiger partial charge in [0.1, 0.15) is 11.5 Å². The van der Waals surface area contributed by atoms with E-state index in [1.165, 1.54) is 19.3 Å². The van der Waals surface area contributed by atoms with Crippen LogP contribution in [0.15, 0.2) is 18.2 Å². The molecule has 0 aliphatic heterocycles. The van der Waals surface area contributed by atoms with E-state index in [9.17, 15) is 5.11 Å². The number of hydrogen-bond donors (Lipinski definition) is 1. The molecule has 0 spiro atoms. The molecule has 0 amide bonds. The molecule has 16 heavy (non-hydrogen) atoms. The predicted octanol–water partition coefficient (Wildman–Crippen LogP) is 2.37. The summed E-state index contributed by atoms with van der Waals surface area (Å²) >= 11 is 0. The minimum Gasteiger partial charge on any atom is -0.497 e. The molecule has 0 bridgehead atoms. The molecule has 0 aromatic heterocycles. The van der Waals surface area contributed by atoms with Gasteiger partial charge in [-0.05, 0) is 30.9 Å². The normalized spacial score (nSPS) is 15.6. The Bertz CT molecular complexity index is 345. The van der Waals surface area contributed by atoms with Crippen molar-refractivity contribution in [3.63, 3.8) is 0 Å². The van der Waals surface area contributed by atoms with Crippen LogP contribution in [-0.2, 0) is 6.61 Å². The number of methoxy groups -OCH3 is 1. The van der Waals surface area contributed by atoms with Gasteiger partial charge in [-0.1, -0.05) is 6.42 Å². The summed E-state index contributed by atoms with van der Waals surface area (Å²) in [5, 5.41) is 9.20. The second-order valence-electron chi connectivity index (χ2n) is 4.24. The third-order valence-corrected chi connectivity index (χ3v) is 3.14. The molecule has 0 atom stereocenters. The van der Waals surface area contributed by atoms with Crippen LogP contribution in [0.1, 0.15) is 24.8 Å². The molecule has 0 unspecified atom stereocenters. The first-order valence-corrected chi connectivity index (χ1v) is 5.74. The molecule has 3 nitrogen and oxygen atoms in total. The molecular weight excluding hydrogens is 204 g/mol. The average molecular weight is 222 g/mol. The van der Waals surface area contributed by atoms with E-state index in [4.69, 9.17) is 9.47 Å². The monoisotopic (exact) mass is 222 g/mol. The van der Waals surface area contributed by atoms with Crippen molar-refractivity contribution in [2.45, 2.75) is 25.9 Å². The first-order valence-electron chi connectivity index (χ1n) is 5.74. The molecule has 3 heteroatoms. The second kappa shape index (κ2) is 5.21. The van der Waals surface area contributed by atoms with Crippen molar-refractivity contribution in [2.24, 2.45) is 5.92 Å². The van der Waals surface area contributed by atoms with Gasteiger partial charge in [0, 0.05) is 11.6 Å². The van der Waals surface area contributed by atoms with Crippen molar-refractivity contribution in [2.75, 3.05) is 13.7 Å². The molecule has 0 heterocycles. The van der Waals surface area contributed by atoms with E-state index < -0.39 is 0 Å². The predicted molar refractivity (Wildman–Crippen MR) is 61.8 cm³/mol. The van der Waals surface area contributed by atoms with E-state index in [2.05, 4.69) is 0 Å². The molecule has 0 saturated heterocycles. The minimum atomic E-state index is 0.00396. The number of aliphatic hydroxyl groups excluding tert-OH is 1. The number of ether oxygens (including phenoxy) is 2. The van der Waals surface area contributed by atoms with Crippen molar-refractivity contribution in [3.05, 3.63) is 23.8 Å². The van der Waals surface area contributed by atoms with Gasteiger partial charge in [0.2, 0.25) is 0 Å².